The predicted octanol–water partition coefficient (Wildman–Crippen LogP) is 2.09. The fourth-order valence-corrected chi connectivity index (χ4v) is 2.88. The Balaban J connectivity index is 1.68. The summed E-state index contributed by atoms with van der Waals surface area (Å²) >= 11 is 5.96. The van der Waals surface area contributed by atoms with E-state index >= 15 is 0 Å². The minimum atomic E-state index is -0.241. The van der Waals surface area contributed by atoms with E-state index in [0.29, 0.717) is 29.8 Å². The molecule has 0 radical (unpaired) electrons. The van der Waals surface area contributed by atoms with E-state index in [2.05, 4.69) is 15.0 Å². The normalized spacial score (nSPS) is 19.2. The standard InChI is InChI=1S/C15H17ClN4O2/c16-12-5-1-3-10(7-12)15-18-13(22-19-15)9-20-6-2-4-11(8-20)14(17)21/h1,3,5,7,11H,2,4,6,8-9H2,(H2,17,21). The zero-order chi connectivity index (χ0) is 15.5. The van der Waals surface area contributed by atoms with Gasteiger partial charge >= 0.3 is 0 Å². The van der Waals surface area contributed by atoms with Gasteiger partial charge in [-0.3, -0.25) is 9.69 Å². The summed E-state index contributed by atoms with van der Waals surface area (Å²) in [6.07, 6.45) is 1.80. The topological polar surface area (TPSA) is 85.3 Å². The molecule has 22 heavy (non-hydrogen) atoms. The molecule has 1 aromatic carbocycles. The lowest BCUT2D eigenvalue weighted by molar-refractivity contribution is -0.123. The van der Waals surface area contributed by atoms with Gasteiger partial charge in [0.25, 0.3) is 0 Å². The number of rotatable bonds is 4. The number of carbonyl (C=O) groups is 1. The minimum Gasteiger partial charge on any atom is -0.369 e. The lowest BCUT2D eigenvalue weighted by atomic mass is 9.97. The Hall–Kier alpha value is -1.92. The average Bonchev–Trinajstić information content (AvgIpc) is 2.96. The number of likely N-dealkylation sites (tertiary alicyclic amines) is 1. The van der Waals surface area contributed by atoms with E-state index in [1.54, 1.807) is 12.1 Å². The molecule has 1 aliphatic heterocycles. The summed E-state index contributed by atoms with van der Waals surface area (Å²) in [5.41, 5.74) is 6.20. The van der Waals surface area contributed by atoms with Crippen LogP contribution < -0.4 is 5.73 Å². The van der Waals surface area contributed by atoms with Gasteiger partial charge in [0.05, 0.1) is 12.5 Å². The van der Waals surface area contributed by atoms with Crippen molar-refractivity contribution < 1.29 is 9.32 Å². The summed E-state index contributed by atoms with van der Waals surface area (Å²) in [7, 11) is 0. The number of amides is 1. The van der Waals surface area contributed by atoms with Crippen molar-refractivity contribution in [3.63, 3.8) is 0 Å². The first kappa shape index (κ1) is 15.0. The summed E-state index contributed by atoms with van der Waals surface area (Å²) in [6.45, 7) is 2.07. The van der Waals surface area contributed by atoms with Gasteiger partial charge in [-0.25, -0.2) is 0 Å². The summed E-state index contributed by atoms with van der Waals surface area (Å²) in [4.78, 5) is 17.8. The molecule has 2 heterocycles. The largest absolute Gasteiger partial charge is 0.369 e. The van der Waals surface area contributed by atoms with Gasteiger partial charge in [-0.2, -0.15) is 4.98 Å². The van der Waals surface area contributed by atoms with Crippen LogP contribution in [0.4, 0.5) is 0 Å². The lowest BCUT2D eigenvalue weighted by Crippen LogP contribution is -2.40. The Kier molecular flexibility index (Phi) is 4.40. The van der Waals surface area contributed by atoms with Crippen LogP contribution in [0, 0.1) is 5.92 Å². The molecule has 1 fully saturated rings. The molecule has 0 spiro atoms. The molecule has 2 aromatic rings. The monoisotopic (exact) mass is 320 g/mol. The third-order valence-electron chi connectivity index (χ3n) is 3.82. The molecule has 3 rings (SSSR count). The molecule has 1 atom stereocenters. The summed E-state index contributed by atoms with van der Waals surface area (Å²) in [6, 6.07) is 7.31. The summed E-state index contributed by atoms with van der Waals surface area (Å²) in [5.74, 6) is 0.708. The molecule has 2 N–H and O–H groups in total. The maximum Gasteiger partial charge on any atom is 0.241 e. The lowest BCUT2D eigenvalue weighted by Gasteiger charge is -2.29. The molecule has 1 aromatic heterocycles. The van der Waals surface area contributed by atoms with Gasteiger partial charge in [0.15, 0.2) is 0 Å². The van der Waals surface area contributed by atoms with Gasteiger partial charge in [0.2, 0.25) is 17.6 Å². The van der Waals surface area contributed by atoms with Crippen molar-refractivity contribution in [1.29, 1.82) is 0 Å². The molecule has 0 bridgehead atoms. The number of primary amides is 1. The van der Waals surface area contributed by atoms with Crippen LogP contribution in [0.1, 0.15) is 18.7 Å². The Bertz CT molecular complexity index is 673. The van der Waals surface area contributed by atoms with Crippen LogP contribution in [-0.2, 0) is 11.3 Å². The summed E-state index contributed by atoms with van der Waals surface area (Å²) in [5, 5.41) is 4.61. The predicted molar refractivity (Wildman–Crippen MR) is 81.9 cm³/mol. The average molecular weight is 321 g/mol. The molecule has 1 unspecified atom stereocenters. The van der Waals surface area contributed by atoms with Gasteiger partial charge in [-0.05, 0) is 31.5 Å². The molecule has 1 amide bonds. The number of hydrogen-bond acceptors (Lipinski definition) is 5. The number of nitrogens with zero attached hydrogens (tertiary/aromatic N) is 3. The van der Waals surface area contributed by atoms with Crippen LogP contribution in [-0.4, -0.2) is 34.0 Å². The zero-order valence-electron chi connectivity index (χ0n) is 12.0. The molecular weight excluding hydrogens is 304 g/mol. The first-order valence-corrected chi connectivity index (χ1v) is 7.60. The Morgan fingerprint density at radius 3 is 3.14 bits per heavy atom. The molecule has 1 aliphatic rings. The molecule has 1 saturated heterocycles. The van der Waals surface area contributed by atoms with E-state index in [0.717, 1.165) is 24.9 Å². The minimum absolute atomic E-state index is 0.0935. The molecule has 0 saturated carbocycles. The van der Waals surface area contributed by atoms with E-state index in [-0.39, 0.29) is 11.8 Å². The molecule has 7 heteroatoms. The number of hydrogen-bond donors (Lipinski definition) is 1. The number of halogens is 1. The van der Waals surface area contributed by atoms with Crippen molar-refractivity contribution in [2.75, 3.05) is 13.1 Å². The molecule has 0 aliphatic carbocycles. The van der Waals surface area contributed by atoms with Crippen molar-refractivity contribution >= 4 is 17.5 Å². The zero-order valence-corrected chi connectivity index (χ0v) is 12.8. The highest BCUT2D eigenvalue weighted by atomic mass is 35.5. The quantitative estimate of drug-likeness (QED) is 0.932. The number of nitrogens with two attached hydrogens (primary N) is 1. The highest BCUT2D eigenvalue weighted by Crippen LogP contribution is 2.21. The van der Waals surface area contributed by atoms with Gasteiger partial charge in [-0.15, -0.1) is 0 Å². The molecule has 6 nitrogen and oxygen atoms in total. The van der Waals surface area contributed by atoms with Crippen molar-refractivity contribution in [2.45, 2.75) is 19.4 Å². The Morgan fingerprint density at radius 2 is 2.36 bits per heavy atom. The smallest absolute Gasteiger partial charge is 0.241 e. The Labute approximate surface area is 133 Å². The van der Waals surface area contributed by atoms with Crippen molar-refractivity contribution in [2.24, 2.45) is 11.7 Å². The second-order valence-corrected chi connectivity index (χ2v) is 5.94. The fraction of sp³-hybridized carbons (Fsp3) is 0.400. The van der Waals surface area contributed by atoms with Crippen molar-refractivity contribution in [3.05, 3.63) is 35.2 Å². The van der Waals surface area contributed by atoms with E-state index in [9.17, 15) is 4.79 Å². The van der Waals surface area contributed by atoms with E-state index in [4.69, 9.17) is 21.9 Å². The van der Waals surface area contributed by atoms with Crippen LogP contribution in [0.2, 0.25) is 5.02 Å². The van der Waals surface area contributed by atoms with Crippen molar-refractivity contribution in [1.82, 2.24) is 15.0 Å². The molecule has 116 valence electrons. The van der Waals surface area contributed by atoms with Gasteiger partial charge in [0, 0.05) is 17.1 Å². The third kappa shape index (κ3) is 3.45. The number of benzene rings is 1. The maximum absolute atomic E-state index is 11.3. The fourth-order valence-electron chi connectivity index (χ4n) is 2.69. The van der Waals surface area contributed by atoms with Crippen LogP contribution in [0.15, 0.2) is 28.8 Å². The second kappa shape index (κ2) is 6.46. The second-order valence-electron chi connectivity index (χ2n) is 5.50. The SMILES string of the molecule is NC(=O)C1CCCN(Cc2nc(-c3cccc(Cl)c3)no2)C1. The van der Waals surface area contributed by atoms with Gasteiger partial charge in [-0.1, -0.05) is 28.9 Å². The highest BCUT2D eigenvalue weighted by molar-refractivity contribution is 6.30. The van der Waals surface area contributed by atoms with Crippen LogP contribution in [0.5, 0.6) is 0 Å². The third-order valence-corrected chi connectivity index (χ3v) is 4.05. The van der Waals surface area contributed by atoms with Gasteiger partial charge < -0.3 is 10.3 Å². The first-order chi connectivity index (χ1) is 10.6. The van der Waals surface area contributed by atoms with E-state index < -0.39 is 0 Å². The molecular formula is C15H17ClN4O2. The maximum atomic E-state index is 11.3. The van der Waals surface area contributed by atoms with Crippen LogP contribution in [0.25, 0.3) is 11.4 Å². The highest BCUT2D eigenvalue weighted by Gasteiger charge is 2.25. The number of carbonyl (C=O) groups excluding carboxylic acids is 1. The van der Waals surface area contributed by atoms with Crippen molar-refractivity contribution in [3.8, 4) is 11.4 Å². The number of piperidine rings is 1. The van der Waals surface area contributed by atoms with Crippen LogP contribution in [0.3, 0.4) is 0 Å². The van der Waals surface area contributed by atoms with E-state index in [1.165, 1.54) is 0 Å². The summed E-state index contributed by atoms with van der Waals surface area (Å²) < 4.78 is 5.30. The van der Waals surface area contributed by atoms with Gasteiger partial charge in [0.1, 0.15) is 0 Å². The van der Waals surface area contributed by atoms with Crippen LogP contribution >= 0.6 is 11.6 Å². The first-order valence-electron chi connectivity index (χ1n) is 7.22. The van der Waals surface area contributed by atoms with E-state index in [1.807, 2.05) is 12.1 Å². The number of aromatic nitrogens is 2. The Morgan fingerprint density at radius 1 is 1.50 bits per heavy atom.